The molecule has 0 aliphatic heterocycles. The summed E-state index contributed by atoms with van der Waals surface area (Å²) in [5.41, 5.74) is 4.29. The third-order valence-corrected chi connectivity index (χ3v) is 5.25. The van der Waals surface area contributed by atoms with E-state index in [1.54, 1.807) is 0 Å². The predicted molar refractivity (Wildman–Crippen MR) is 102 cm³/mol. The maximum atomic E-state index is 12.5. The molecule has 0 unspecified atom stereocenters. The number of para-hydroxylation sites is 1. The van der Waals surface area contributed by atoms with E-state index in [9.17, 15) is 4.79 Å². The minimum Gasteiger partial charge on any atom is -0.492 e. The first-order valence-corrected chi connectivity index (χ1v) is 9.16. The van der Waals surface area contributed by atoms with Crippen LogP contribution in [0.2, 0.25) is 0 Å². The number of aromatic nitrogens is 1. The fourth-order valence-corrected chi connectivity index (χ4v) is 3.90. The third-order valence-electron chi connectivity index (χ3n) is 4.15. The number of aryl methyl sites for hydroxylation is 3. The van der Waals surface area contributed by atoms with Crippen LogP contribution in [0.25, 0.3) is 10.2 Å². The van der Waals surface area contributed by atoms with Gasteiger partial charge in [0.1, 0.15) is 11.3 Å². The Kier molecular flexibility index (Phi) is 5.04. The van der Waals surface area contributed by atoms with Crippen molar-refractivity contribution in [3.8, 4) is 5.75 Å². The molecule has 0 spiro atoms. The van der Waals surface area contributed by atoms with Crippen molar-refractivity contribution in [2.45, 2.75) is 27.2 Å². The Bertz CT molecular complexity index is 999. The maximum Gasteiger partial charge on any atom is 0.252 e. The molecule has 5 heteroatoms. The molecule has 0 atom stereocenters. The topological polar surface area (TPSA) is 43.6 Å². The molecule has 1 amide bonds. The zero-order valence-electron chi connectivity index (χ0n) is 15.0. The number of carbonyl (C=O) groups excluding carboxylic acids is 1. The SMILES string of the molecule is CCOc1cccc2sc(=NC(=O)Cc3cc(C)ccc3C)n(C)c12. The number of ether oxygens (including phenoxy) is 1. The van der Waals surface area contributed by atoms with Gasteiger partial charge < -0.3 is 9.30 Å². The van der Waals surface area contributed by atoms with Crippen LogP contribution in [0.15, 0.2) is 41.4 Å². The summed E-state index contributed by atoms with van der Waals surface area (Å²) in [6.07, 6.45) is 0.320. The number of thiazole rings is 1. The molecule has 0 radical (unpaired) electrons. The summed E-state index contributed by atoms with van der Waals surface area (Å²) in [5, 5.41) is 0. The van der Waals surface area contributed by atoms with Crippen molar-refractivity contribution < 1.29 is 9.53 Å². The van der Waals surface area contributed by atoms with Crippen LogP contribution in [0, 0.1) is 13.8 Å². The molecule has 0 saturated heterocycles. The summed E-state index contributed by atoms with van der Waals surface area (Å²) < 4.78 is 8.70. The average molecular weight is 354 g/mol. The van der Waals surface area contributed by atoms with Crippen LogP contribution in [-0.2, 0) is 18.3 Å². The molecule has 0 fully saturated rings. The Hall–Kier alpha value is -2.40. The van der Waals surface area contributed by atoms with Gasteiger partial charge in [-0.15, -0.1) is 0 Å². The normalized spacial score (nSPS) is 11.9. The van der Waals surface area contributed by atoms with Crippen LogP contribution in [-0.4, -0.2) is 17.1 Å². The monoisotopic (exact) mass is 354 g/mol. The number of hydrogen-bond acceptors (Lipinski definition) is 3. The highest BCUT2D eigenvalue weighted by molar-refractivity contribution is 7.16. The predicted octanol–water partition coefficient (Wildman–Crippen LogP) is 3.93. The highest BCUT2D eigenvalue weighted by Gasteiger charge is 2.11. The van der Waals surface area contributed by atoms with E-state index in [0.29, 0.717) is 17.8 Å². The Balaban J connectivity index is 1.98. The van der Waals surface area contributed by atoms with E-state index in [2.05, 4.69) is 17.1 Å². The minimum atomic E-state index is -0.131. The van der Waals surface area contributed by atoms with Crippen LogP contribution in [0.5, 0.6) is 5.75 Å². The summed E-state index contributed by atoms with van der Waals surface area (Å²) in [7, 11) is 1.92. The number of benzene rings is 2. The Morgan fingerprint density at radius 3 is 2.80 bits per heavy atom. The zero-order valence-corrected chi connectivity index (χ0v) is 15.8. The maximum absolute atomic E-state index is 12.5. The van der Waals surface area contributed by atoms with E-state index >= 15 is 0 Å². The van der Waals surface area contributed by atoms with Gasteiger partial charge in [0.15, 0.2) is 4.80 Å². The first kappa shape index (κ1) is 17.4. The van der Waals surface area contributed by atoms with E-state index in [1.165, 1.54) is 11.3 Å². The number of amides is 1. The van der Waals surface area contributed by atoms with Crippen molar-refractivity contribution in [1.82, 2.24) is 4.57 Å². The molecule has 1 heterocycles. The summed E-state index contributed by atoms with van der Waals surface area (Å²) in [6, 6.07) is 12.1. The molecule has 0 N–H and O–H groups in total. The van der Waals surface area contributed by atoms with Gasteiger partial charge in [-0.3, -0.25) is 4.79 Å². The Morgan fingerprint density at radius 2 is 2.04 bits per heavy atom. The molecule has 130 valence electrons. The Morgan fingerprint density at radius 1 is 1.24 bits per heavy atom. The van der Waals surface area contributed by atoms with E-state index in [1.807, 2.05) is 56.7 Å². The number of rotatable bonds is 4. The van der Waals surface area contributed by atoms with Crippen LogP contribution < -0.4 is 9.54 Å². The van der Waals surface area contributed by atoms with Gasteiger partial charge in [-0.1, -0.05) is 41.2 Å². The summed E-state index contributed by atoms with van der Waals surface area (Å²) in [6.45, 7) is 6.62. The second kappa shape index (κ2) is 7.23. The van der Waals surface area contributed by atoms with Gasteiger partial charge in [0.2, 0.25) is 0 Å². The van der Waals surface area contributed by atoms with E-state index < -0.39 is 0 Å². The van der Waals surface area contributed by atoms with Crippen molar-refractivity contribution in [3.63, 3.8) is 0 Å². The van der Waals surface area contributed by atoms with Gasteiger partial charge in [-0.2, -0.15) is 4.99 Å². The van der Waals surface area contributed by atoms with Gasteiger partial charge in [0.25, 0.3) is 5.91 Å². The highest BCUT2D eigenvalue weighted by atomic mass is 32.1. The lowest BCUT2D eigenvalue weighted by atomic mass is 10.0. The van der Waals surface area contributed by atoms with Gasteiger partial charge in [-0.05, 0) is 44.0 Å². The van der Waals surface area contributed by atoms with Crippen LogP contribution in [0.3, 0.4) is 0 Å². The van der Waals surface area contributed by atoms with E-state index in [4.69, 9.17) is 4.74 Å². The number of nitrogens with zero attached hydrogens (tertiary/aromatic N) is 2. The molecular formula is C20H22N2O2S. The largest absolute Gasteiger partial charge is 0.492 e. The quantitative estimate of drug-likeness (QED) is 0.713. The van der Waals surface area contributed by atoms with Gasteiger partial charge in [0, 0.05) is 7.05 Å². The van der Waals surface area contributed by atoms with Crippen LogP contribution in [0.4, 0.5) is 0 Å². The molecule has 0 saturated carbocycles. The lowest BCUT2D eigenvalue weighted by molar-refractivity contribution is -0.117. The third kappa shape index (κ3) is 3.66. The van der Waals surface area contributed by atoms with Crippen molar-refractivity contribution >= 4 is 27.5 Å². The van der Waals surface area contributed by atoms with Crippen LogP contribution >= 0.6 is 11.3 Å². The highest BCUT2D eigenvalue weighted by Crippen LogP contribution is 2.26. The average Bonchev–Trinajstić information content (AvgIpc) is 2.88. The van der Waals surface area contributed by atoms with Crippen molar-refractivity contribution in [2.75, 3.05) is 6.61 Å². The van der Waals surface area contributed by atoms with Crippen LogP contribution in [0.1, 0.15) is 23.6 Å². The van der Waals surface area contributed by atoms with E-state index in [-0.39, 0.29) is 5.91 Å². The molecule has 3 rings (SSSR count). The van der Waals surface area contributed by atoms with Crippen molar-refractivity contribution in [3.05, 3.63) is 57.9 Å². The van der Waals surface area contributed by atoms with Gasteiger partial charge in [0.05, 0.1) is 17.7 Å². The Labute approximate surface area is 151 Å². The molecular weight excluding hydrogens is 332 g/mol. The second-order valence-electron chi connectivity index (χ2n) is 6.09. The summed E-state index contributed by atoms with van der Waals surface area (Å²) in [4.78, 5) is 17.5. The lowest BCUT2D eigenvalue weighted by Gasteiger charge is -2.06. The number of hydrogen-bond donors (Lipinski definition) is 0. The lowest BCUT2D eigenvalue weighted by Crippen LogP contribution is -2.15. The first-order valence-electron chi connectivity index (χ1n) is 8.34. The fraction of sp³-hybridized carbons (Fsp3) is 0.300. The first-order chi connectivity index (χ1) is 12.0. The van der Waals surface area contributed by atoms with E-state index in [0.717, 1.165) is 32.7 Å². The van der Waals surface area contributed by atoms with Gasteiger partial charge in [-0.25, -0.2) is 0 Å². The fourth-order valence-electron chi connectivity index (χ4n) is 2.85. The van der Waals surface area contributed by atoms with Crippen molar-refractivity contribution in [2.24, 2.45) is 12.0 Å². The number of fused-ring (bicyclic) bond motifs is 1. The molecule has 1 aromatic heterocycles. The smallest absolute Gasteiger partial charge is 0.252 e. The molecule has 0 aliphatic carbocycles. The second-order valence-corrected chi connectivity index (χ2v) is 7.10. The molecule has 0 bridgehead atoms. The molecule has 4 nitrogen and oxygen atoms in total. The molecule has 2 aromatic carbocycles. The summed E-state index contributed by atoms with van der Waals surface area (Å²) >= 11 is 1.51. The van der Waals surface area contributed by atoms with Crippen molar-refractivity contribution in [1.29, 1.82) is 0 Å². The number of carbonyl (C=O) groups is 1. The zero-order chi connectivity index (χ0) is 18.0. The molecule has 25 heavy (non-hydrogen) atoms. The molecule has 0 aliphatic rings. The summed E-state index contributed by atoms with van der Waals surface area (Å²) in [5.74, 6) is 0.691. The molecule has 3 aromatic rings. The van der Waals surface area contributed by atoms with Gasteiger partial charge >= 0.3 is 0 Å². The minimum absolute atomic E-state index is 0.131. The standard InChI is InChI=1S/C20H22N2O2S/c1-5-24-16-7-6-8-17-19(16)22(4)20(25-17)21-18(23)12-15-11-13(2)9-10-14(15)3/h6-11H,5,12H2,1-4H3.